The molecular weight excluding hydrogens is 200 g/mol. The average Bonchev–Trinajstić information content (AvgIpc) is 2.65. The number of hydrogen-bond donors (Lipinski definition) is 1. The lowest BCUT2D eigenvalue weighted by atomic mass is 10.3. The Morgan fingerprint density at radius 2 is 2.33 bits per heavy atom. The fourth-order valence-corrected chi connectivity index (χ4v) is 1.77. The van der Waals surface area contributed by atoms with Gasteiger partial charge < -0.3 is 10.6 Å². The van der Waals surface area contributed by atoms with Gasteiger partial charge >= 0.3 is 0 Å². The first-order valence-corrected chi connectivity index (χ1v) is 4.91. The molecule has 0 unspecified atom stereocenters. The normalized spacial score (nSPS) is 21.3. The van der Waals surface area contributed by atoms with Crippen LogP contribution in [0.5, 0.6) is 0 Å². The summed E-state index contributed by atoms with van der Waals surface area (Å²) in [5.74, 6) is 0. The van der Waals surface area contributed by atoms with Crippen LogP contribution in [-0.4, -0.2) is 24.1 Å². The summed E-state index contributed by atoms with van der Waals surface area (Å²) < 4.78 is 24.8. The van der Waals surface area contributed by atoms with Crippen molar-refractivity contribution in [3.05, 3.63) is 24.0 Å². The zero-order chi connectivity index (χ0) is 10.8. The summed E-state index contributed by atoms with van der Waals surface area (Å²) in [6.45, 7) is 1.56. The number of nitrogens with two attached hydrogens (primary N) is 1. The molecule has 2 N–H and O–H groups in total. The molecule has 2 heterocycles. The van der Waals surface area contributed by atoms with Gasteiger partial charge in [0.05, 0.1) is 0 Å². The second kappa shape index (κ2) is 4.10. The monoisotopic (exact) mass is 213 g/mol. The topological polar surface area (TPSA) is 42.1 Å². The van der Waals surface area contributed by atoms with Crippen molar-refractivity contribution in [1.82, 2.24) is 4.98 Å². The van der Waals surface area contributed by atoms with E-state index in [-0.39, 0.29) is 11.7 Å². The van der Waals surface area contributed by atoms with Crippen molar-refractivity contribution in [1.29, 1.82) is 0 Å². The van der Waals surface area contributed by atoms with Crippen LogP contribution in [0.4, 0.5) is 14.5 Å². The van der Waals surface area contributed by atoms with Gasteiger partial charge in [0, 0.05) is 31.0 Å². The van der Waals surface area contributed by atoms with E-state index < -0.39 is 6.43 Å². The summed E-state index contributed by atoms with van der Waals surface area (Å²) >= 11 is 0. The van der Waals surface area contributed by atoms with Gasteiger partial charge in [-0.15, -0.1) is 0 Å². The minimum absolute atomic E-state index is 0.146. The molecule has 1 saturated heterocycles. The van der Waals surface area contributed by atoms with Crippen LogP contribution in [0.2, 0.25) is 0 Å². The van der Waals surface area contributed by atoms with Crippen LogP contribution in [0, 0.1) is 0 Å². The van der Waals surface area contributed by atoms with Crippen molar-refractivity contribution >= 4 is 5.69 Å². The molecule has 15 heavy (non-hydrogen) atoms. The van der Waals surface area contributed by atoms with Crippen LogP contribution in [0.15, 0.2) is 18.3 Å². The second-order valence-electron chi connectivity index (χ2n) is 3.73. The molecule has 82 valence electrons. The Morgan fingerprint density at radius 1 is 1.53 bits per heavy atom. The molecule has 2 rings (SSSR count). The second-order valence-corrected chi connectivity index (χ2v) is 3.73. The number of pyridine rings is 1. The molecule has 3 nitrogen and oxygen atoms in total. The SMILES string of the molecule is N[C@@H]1CCN(c2ccnc(C(F)F)c2)C1. The molecule has 0 aliphatic carbocycles. The molecule has 0 radical (unpaired) electrons. The first-order valence-electron chi connectivity index (χ1n) is 4.91. The van der Waals surface area contributed by atoms with E-state index in [0.717, 1.165) is 25.2 Å². The molecule has 0 bridgehead atoms. The summed E-state index contributed by atoms with van der Waals surface area (Å²) in [6.07, 6.45) is -0.186. The van der Waals surface area contributed by atoms with Crippen molar-refractivity contribution in [3.63, 3.8) is 0 Å². The van der Waals surface area contributed by atoms with E-state index in [1.807, 2.05) is 4.90 Å². The molecule has 1 aliphatic heterocycles. The zero-order valence-electron chi connectivity index (χ0n) is 8.24. The molecule has 1 aliphatic rings. The molecule has 0 aromatic carbocycles. The van der Waals surface area contributed by atoms with Crippen molar-refractivity contribution < 1.29 is 8.78 Å². The maximum atomic E-state index is 12.4. The third kappa shape index (κ3) is 2.23. The number of aromatic nitrogens is 1. The molecule has 1 fully saturated rings. The highest BCUT2D eigenvalue weighted by molar-refractivity contribution is 5.47. The Labute approximate surface area is 86.9 Å². The van der Waals surface area contributed by atoms with Gasteiger partial charge in [0.2, 0.25) is 0 Å². The number of alkyl halides is 2. The fourth-order valence-electron chi connectivity index (χ4n) is 1.77. The van der Waals surface area contributed by atoms with Gasteiger partial charge in [0.15, 0.2) is 0 Å². The summed E-state index contributed by atoms with van der Waals surface area (Å²) in [5, 5.41) is 0. The molecule has 0 spiro atoms. The maximum absolute atomic E-state index is 12.4. The predicted octanol–water partition coefficient (Wildman–Crippen LogP) is 1.56. The Kier molecular flexibility index (Phi) is 2.81. The number of halogens is 2. The molecule has 1 aromatic rings. The van der Waals surface area contributed by atoms with Crippen molar-refractivity contribution in [3.8, 4) is 0 Å². The molecule has 1 atom stereocenters. The highest BCUT2D eigenvalue weighted by Crippen LogP contribution is 2.24. The summed E-state index contributed by atoms with van der Waals surface area (Å²) in [7, 11) is 0. The summed E-state index contributed by atoms with van der Waals surface area (Å²) in [5.41, 5.74) is 6.37. The van der Waals surface area contributed by atoms with Gasteiger partial charge in [0.25, 0.3) is 6.43 Å². The van der Waals surface area contributed by atoms with Gasteiger partial charge in [0.1, 0.15) is 5.69 Å². The number of rotatable bonds is 2. The van der Waals surface area contributed by atoms with E-state index in [4.69, 9.17) is 5.73 Å². The number of nitrogens with zero attached hydrogens (tertiary/aromatic N) is 2. The van der Waals surface area contributed by atoms with E-state index in [2.05, 4.69) is 4.98 Å². The standard InChI is InChI=1S/C10H13F2N3/c11-10(12)9-5-8(1-3-14-9)15-4-2-7(13)6-15/h1,3,5,7,10H,2,4,6,13H2/t7-/m1/s1. The highest BCUT2D eigenvalue weighted by Gasteiger charge is 2.20. The first-order chi connectivity index (χ1) is 7.16. The molecule has 0 amide bonds. The van der Waals surface area contributed by atoms with Crippen molar-refractivity contribution in [2.75, 3.05) is 18.0 Å². The Morgan fingerprint density at radius 3 is 2.93 bits per heavy atom. The number of anilines is 1. The van der Waals surface area contributed by atoms with E-state index in [9.17, 15) is 8.78 Å². The van der Waals surface area contributed by atoms with E-state index >= 15 is 0 Å². The van der Waals surface area contributed by atoms with Gasteiger partial charge in [-0.3, -0.25) is 4.98 Å². The van der Waals surface area contributed by atoms with Gasteiger partial charge in [-0.2, -0.15) is 0 Å². The Hall–Kier alpha value is -1.23. The zero-order valence-corrected chi connectivity index (χ0v) is 8.24. The van der Waals surface area contributed by atoms with Gasteiger partial charge in [-0.1, -0.05) is 0 Å². The maximum Gasteiger partial charge on any atom is 0.280 e. The lowest BCUT2D eigenvalue weighted by Crippen LogP contribution is -2.26. The fraction of sp³-hybridized carbons (Fsp3) is 0.500. The van der Waals surface area contributed by atoms with Gasteiger partial charge in [-0.25, -0.2) is 8.78 Å². The molecule has 5 heteroatoms. The van der Waals surface area contributed by atoms with E-state index in [0.29, 0.717) is 0 Å². The predicted molar refractivity (Wildman–Crippen MR) is 54.0 cm³/mol. The van der Waals surface area contributed by atoms with Crippen LogP contribution in [-0.2, 0) is 0 Å². The smallest absolute Gasteiger partial charge is 0.280 e. The van der Waals surface area contributed by atoms with Crippen LogP contribution >= 0.6 is 0 Å². The Bertz CT molecular complexity index is 343. The lowest BCUT2D eigenvalue weighted by molar-refractivity contribution is 0.146. The third-order valence-corrected chi connectivity index (χ3v) is 2.58. The van der Waals surface area contributed by atoms with Crippen LogP contribution in [0.1, 0.15) is 18.5 Å². The minimum Gasteiger partial charge on any atom is -0.370 e. The van der Waals surface area contributed by atoms with E-state index in [1.165, 1.54) is 12.3 Å². The Balaban J connectivity index is 2.18. The lowest BCUT2D eigenvalue weighted by Gasteiger charge is -2.18. The van der Waals surface area contributed by atoms with E-state index in [1.54, 1.807) is 6.07 Å². The van der Waals surface area contributed by atoms with Crippen LogP contribution < -0.4 is 10.6 Å². The van der Waals surface area contributed by atoms with Crippen LogP contribution in [0.25, 0.3) is 0 Å². The minimum atomic E-state index is -2.51. The third-order valence-electron chi connectivity index (χ3n) is 2.58. The highest BCUT2D eigenvalue weighted by atomic mass is 19.3. The average molecular weight is 213 g/mol. The quantitative estimate of drug-likeness (QED) is 0.810. The van der Waals surface area contributed by atoms with Crippen molar-refractivity contribution in [2.24, 2.45) is 5.73 Å². The molecular formula is C10H13F2N3. The molecule has 0 saturated carbocycles. The first kappa shape index (κ1) is 10.3. The largest absolute Gasteiger partial charge is 0.370 e. The van der Waals surface area contributed by atoms with Crippen LogP contribution in [0.3, 0.4) is 0 Å². The van der Waals surface area contributed by atoms with Crippen molar-refractivity contribution in [2.45, 2.75) is 18.9 Å². The van der Waals surface area contributed by atoms with Gasteiger partial charge in [-0.05, 0) is 18.6 Å². The summed E-state index contributed by atoms with van der Waals surface area (Å²) in [6, 6.07) is 3.32. The number of hydrogen-bond acceptors (Lipinski definition) is 3. The summed E-state index contributed by atoms with van der Waals surface area (Å²) in [4.78, 5) is 5.63. The molecule has 1 aromatic heterocycles.